The summed E-state index contributed by atoms with van der Waals surface area (Å²) in [6.45, 7) is 1.80. The fraction of sp³-hybridized carbons (Fsp3) is 0.188. The molecule has 0 fully saturated rings. The Morgan fingerprint density at radius 2 is 1.84 bits per heavy atom. The maximum Gasteiger partial charge on any atom is 0.261 e. The molecule has 0 heterocycles. The van der Waals surface area contributed by atoms with E-state index in [-0.39, 0.29) is 17.3 Å². The van der Waals surface area contributed by atoms with Gasteiger partial charge in [-0.05, 0) is 42.8 Å². The van der Waals surface area contributed by atoms with Crippen LogP contribution in [0.4, 0.5) is 0 Å². The summed E-state index contributed by atoms with van der Waals surface area (Å²) in [4.78, 5) is 12.1. The highest BCUT2D eigenvalue weighted by atomic mass is 35.5. The molecule has 0 aromatic heterocycles. The van der Waals surface area contributed by atoms with Crippen LogP contribution in [0.3, 0.4) is 0 Å². The molecular formula is C16H16Cl2N2O4S. The standard InChI is InChI=1S/C16H16Cl2N2O4S/c1-10(24-15-7-4-12(17)8-14(15)18)16(21)20-9-11-2-5-13(6-3-11)25(19,22)23/h2-8,10H,9H2,1H3,(H,20,21)(H2,19,22,23). The van der Waals surface area contributed by atoms with Crippen molar-refractivity contribution in [2.45, 2.75) is 24.5 Å². The molecule has 0 aliphatic rings. The van der Waals surface area contributed by atoms with Gasteiger partial charge in [-0.15, -0.1) is 0 Å². The maximum atomic E-state index is 12.1. The number of nitrogens with one attached hydrogen (secondary N) is 1. The van der Waals surface area contributed by atoms with Crippen LogP contribution in [0.1, 0.15) is 12.5 Å². The summed E-state index contributed by atoms with van der Waals surface area (Å²) in [5.74, 6) is 0.00719. The molecule has 2 rings (SSSR count). The minimum absolute atomic E-state index is 0.0108. The van der Waals surface area contributed by atoms with Crippen molar-refractivity contribution in [1.82, 2.24) is 5.32 Å². The Kier molecular flexibility index (Phi) is 6.29. The van der Waals surface area contributed by atoms with E-state index in [1.807, 2.05) is 0 Å². The topological polar surface area (TPSA) is 98.5 Å². The van der Waals surface area contributed by atoms with Gasteiger partial charge >= 0.3 is 0 Å². The summed E-state index contributed by atoms with van der Waals surface area (Å²) in [5, 5.41) is 8.51. The molecule has 2 aromatic rings. The van der Waals surface area contributed by atoms with Crippen LogP contribution in [0.25, 0.3) is 0 Å². The first-order chi connectivity index (χ1) is 11.7. The zero-order chi connectivity index (χ0) is 18.6. The fourth-order valence-electron chi connectivity index (χ4n) is 1.94. The number of benzene rings is 2. The SMILES string of the molecule is CC(Oc1ccc(Cl)cc1Cl)C(=O)NCc1ccc(S(N)(=O)=O)cc1. The van der Waals surface area contributed by atoms with E-state index in [0.29, 0.717) is 15.8 Å². The Morgan fingerprint density at radius 3 is 2.40 bits per heavy atom. The molecule has 0 spiro atoms. The average molecular weight is 403 g/mol. The van der Waals surface area contributed by atoms with Gasteiger partial charge in [-0.25, -0.2) is 13.6 Å². The van der Waals surface area contributed by atoms with Crippen LogP contribution in [0.15, 0.2) is 47.4 Å². The predicted molar refractivity (Wildman–Crippen MR) is 96.2 cm³/mol. The van der Waals surface area contributed by atoms with Crippen molar-refractivity contribution in [3.8, 4) is 5.75 Å². The lowest BCUT2D eigenvalue weighted by molar-refractivity contribution is -0.127. The molecule has 134 valence electrons. The molecule has 3 N–H and O–H groups in total. The van der Waals surface area contributed by atoms with E-state index in [2.05, 4.69) is 5.32 Å². The van der Waals surface area contributed by atoms with E-state index in [4.69, 9.17) is 33.1 Å². The predicted octanol–water partition coefficient (Wildman–Crippen LogP) is 2.72. The molecule has 6 nitrogen and oxygen atoms in total. The summed E-state index contributed by atoms with van der Waals surface area (Å²) in [6.07, 6.45) is -0.776. The van der Waals surface area contributed by atoms with E-state index < -0.39 is 16.1 Å². The van der Waals surface area contributed by atoms with Crippen LogP contribution in [-0.4, -0.2) is 20.4 Å². The van der Waals surface area contributed by atoms with Crippen LogP contribution < -0.4 is 15.2 Å². The molecule has 1 unspecified atom stereocenters. The van der Waals surface area contributed by atoms with Crippen molar-refractivity contribution in [3.05, 3.63) is 58.1 Å². The number of carbonyl (C=O) groups excluding carboxylic acids is 1. The van der Waals surface area contributed by atoms with Crippen LogP contribution in [0, 0.1) is 0 Å². The average Bonchev–Trinajstić information content (AvgIpc) is 2.54. The van der Waals surface area contributed by atoms with E-state index in [9.17, 15) is 13.2 Å². The summed E-state index contributed by atoms with van der Waals surface area (Å²) in [7, 11) is -3.74. The molecule has 0 radical (unpaired) electrons. The lowest BCUT2D eigenvalue weighted by Crippen LogP contribution is -2.35. The second-order valence-electron chi connectivity index (χ2n) is 5.24. The Balaban J connectivity index is 1.93. The Hall–Kier alpha value is -1.80. The molecule has 9 heteroatoms. The number of nitrogens with two attached hydrogens (primary N) is 1. The number of amides is 1. The lowest BCUT2D eigenvalue weighted by Gasteiger charge is -2.16. The van der Waals surface area contributed by atoms with Gasteiger partial charge in [0.05, 0.1) is 9.92 Å². The van der Waals surface area contributed by atoms with Crippen LogP contribution in [0.5, 0.6) is 5.75 Å². The molecule has 1 amide bonds. The molecule has 0 aliphatic carbocycles. The number of carbonyl (C=O) groups is 1. The normalized spacial score (nSPS) is 12.5. The summed E-state index contributed by atoms with van der Waals surface area (Å²) in [6, 6.07) is 10.6. The molecule has 2 aromatic carbocycles. The number of sulfonamides is 1. The van der Waals surface area contributed by atoms with Gasteiger partial charge in [0.1, 0.15) is 5.75 Å². The molecule has 0 bridgehead atoms. The van der Waals surface area contributed by atoms with Gasteiger partial charge in [-0.1, -0.05) is 35.3 Å². The van der Waals surface area contributed by atoms with Crippen molar-refractivity contribution in [2.75, 3.05) is 0 Å². The van der Waals surface area contributed by atoms with Crippen molar-refractivity contribution >= 4 is 39.1 Å². The number of primary sulfonamides is 1. The smallest absolute Gasteiger partial charge is 0.261 e. The van der Waals surface area contributed by atoms with Crippen LogP contribution in [-0.2, 0) is 21.4 Å². The van der Waals surface area contributed by atoms with Gasteiger partial charge < -0.3 is 10.1 Å². The monoisotopic (exact) mass is 402 g/mol. The van der Waals surface area contributed by atoms with Crippen molar-refractivity contribution in [2.24, 2.45) is 5.14 Å². The van der Waals surface area contributed by atoms with Crippen molar-refractivity contribution in [3.63, 3.8) is 0 Å². The fourth-order valence-corrected chi connectivity index (χ4v) is 2.91. The zero-order valence-corrected chi connectivity index (χ0v) is 15.5. The first-order valence-electron chi connectivity index (χ1n) is 7.18. The zero-order valence-electron chi connectivity index (χ0n) is 13.2. The van der Waals surface area contributed by atoms with Crippen molar-refractivity contribution in [1.29, 1.82) is 0 Å². The Morgan fingerprint density at radius 1 is 1.20 bits per heavy atom. The third-order valence-corrected chi connectivity index (χ3v) is 4.75. The van der Waals surface area contributed by atoms with Crippen molar-refractivity contribution < 1.29 is 17.9 Å². The van der Waals surface area contributed by atoms with E-state index >= 15 is 0 Å². The molecular weight excluding hydrogens is 387 g/mol. The van der Waals surface area contributed by atoms with Crippen LogP contribution >= 0.6 is 23.2 Å². The Labute approximate surface area is 155 Å². The molecule has 0 saturated carbocycles. The third kappa shape index (κ3) is 5.61. The van der Waals surface area contributed by atoms with Gasteiger partial charge in [0.25, 0.3) is 5.91 Å². The minimum Gasteiger partial charge on any atom is -0.479 e. The number of hydrogen-bond acceptors (Lipinski definition) is 4. The summed E-state index contributed by atoms with van der Waals surface area (Å²) in [5.41, 5.74) is 0.720. The van der Waals surface area contributed by atoms with E-state index in [1.165, 1.54) is 18.2 Å². The highest BCUT2D eigenvalue weighted by Crippen LogP contribution is 2.28. The van der Waals surface area contributed by atoms with Gasteiger partial charge in [-0.3, -0.25) is 4.79 Å². The van der Waals surface area contributed by atoms with Crippen LogP contribution in [0.2, 0.25) is 10.0 Å². The summed E-state index contributed by atoms with van der Waals surface area (Å²) >= 11 is 11.8. The second kappa shape index (κ2) is 8.05. The quantitative estimate of drug-likeness (QED) is 0.775. The van der Waals surface area contributed by atoms with Gasteiger partial charge in [-0.2, -0.15) is 0 Å². The largest absolute Gasteiger partial charge is 0.479 e. The maximum absolute atomic E-state index is 12.1. The molecule has 0 aliphatic heterocycles. The number of hydrogen-bond donors (Lipinski definition) is 2. The first-order valence-corrected chi connectivity index (χ1v) is 9.48. The number of halogens is 2. The van der Waals surface area contributed by atoms with Gasteiger partial charge in [0.15, 0.2) is 6.10 Å². The molecule has 1 atom stereocenters. The number of rotatable bonds is 6. The third-order valence-electron chi connectivity index (χ3n) is 3.29. The highest BCUT2D eigenvalue weighted by Gasteiger charge is 2.16. The molecule has 0 saturated heterocycles. The van der Waals surface area contributed by atoms with Gasteiger partial charge in [0.2, 0.25) is 10.0 Å². The highest BCUT2D eigenvalue weighted by molar-refractivity contribution is 7.89. The second-order valence-corrected chi connectivity index (χ2v) is 7.65. The lowest BCUT2D eigenvalue weighted by atomic mass is 10.2. The number of ether oxygens (including phenoxy) is 1. The Bertz CT molecular complexity index is 870. The van der Waals surface area contributed by atoms with E-state index in [0.717, 1.165) is 5.56 Å². The summed E-state index contributed by atoms with van der Waals surface area (Å²) < 4.78 is 27.9. The van der Waals surface area contributed by atoms with E-state index in [1.54, 1.807) is 31.2 Å². The first kappa shape index (κ1) is 19.5. The van der Waals surface area contributed by atoms with Gasteiger partial charge in [0, 0.05) is 11.6 Å². The minimum atomic E-state index is -3.74. The molecule has 25 heavy (non-hydrogen) atoms.